The summed E-state index contributed by atoms with van der Waals surface area (Å²) in [6.45, 7) is 0. The van der Waals surface area contributed by atoms with Crippen LogP contribution in [0.2, 0.25) is 0 Å². The molecule has 2 heterocycles. The Hall–Kier alpha value is -3.26. The van der Waals surface area contributed by atoms with Crippen molar-refractivity contribution in [1.82, 2.24) is 9.97 Å². The summed E-state index contributed by atoms with van der Waals surface area (Å²) < 4.78 is 5.84. The molecule has 1 aliphatic carbocycles. The third kappa shape index (κ3) is 4.68. The van der Waals surface area contributed by atoms with Gasteiger partial charge in [-0.3, -0.25) is 4.98 Å². The van der Waals surface area contributed by atoms with Crippen LogP contribution in [0.1, 0.15) is 11.1 Å². The predicted molar refractivity (Wildman–Crippen MR) is 132 cm³/mol. The molecule has 0 unspecified atom stereocenters. The van der Waals surface area contributed by atoms with Gasteiger partial charge in [0.2, 0.25) is 5.88 Å². The van der Waals surface area contributed by atoms with E-state index in [0.717, 1.165) is 28.9 Å². The Bertz CT molecular complexity index is 1440. The Morgan fingerprint density at radius 3 is 2.41 bits per heavy atom. The van der Waals surface area contributed by atoms with Crippen molar-refractivity contribution in [3.8, 4) is 45.3 Å². The molecular weight excluding hydrogens is 623 g/mol. The second-order valence-electron chi connectivity index (χ2n) is 7.81. The quantitative estimate of drug-likeness (QED) is 0.186. The Morgan fingerprint density at radius 2 is 1.53 bits per heavy atom. The smallest absolute Gasteiger partial charge is 0.217 e. The Kier molecular flexibility index (Phi) is 6.85. The van der Waals surface area contributed by atoms with Crippen LogP contribution in [0.15, 0.2) is 103 Å². The fraction of sp³-hybridized carbons (Fsp3) is 0.0345. The van der Waals surface area contributed by atoms with E-state index in [-0.39, 0.29) is 0 Å². The molecule has 5 aromatic rings. The number of pyridine rings is 2. The number of ether oxygens (including phenoxy) is 1. The maximum Gasteiger partial charge on any atom is 0.217 e. The number of hydrogen-bond donors (Lipinski definition) is 0. The number of aromatic nitrogens is 2. The number of hydrogen-bond acceptors (Lipinski definition) is 3. The zero-order valence-corrected chi connectivity index (χ0v) is 21.0. The van der Waals surface area contributed by atoms with Gasteiger partial charge in [0.05, 0.1) is 5.69 Å². The summed E-state index contributed by atoms with van der Waals surface area (Å²) in [5.41, 5.74) is 9.23. The van der Waals surface area contributed by atoms with Crippen LogP contribution in [0, 0.1) is 6.07 Å². The fourth-order valence-electron chi connectivity index (χ4n) is 4.23. The van der Waals surface area contributed by atoms with Gasteiger partial charge in [-0.1, -0.05) is 60.7 Å². The van der Waals surface area contributed by atoms with E-state index in [1.54, 1.807) is 25.0 Å². The summed E-state index contributed by atoms with van der Waals surface area (Å²) in [6, 6.07) is 36.1. The second kappa shape index (κ2) is 10.3. The third-order valence-electron chi connectivity index (χ3n) is 5.74. The van der Waals surface area contributed by atoms with Crippen LogP contribution in [0.3, 0.4) is 0 Å². The Morgan fingerprint density at radius 1 is 0.735 bits per heavy atom. The Balaban J connectivity index is 0.00000117. The molecule has 0 bridgehead atoms. The van der Waals surface area contributed by atoms with E-state index >= 15 is 0 Å². The van der Waals surface area contributed by atoms with Gasteiger partial charge in [-0.2, -0.15) is 0 Å². The first-order valence-corrected chi connectivity index (χ1v) is 13.6. The van der Waals surface area contributed by atoms with Gasteiger partial charge in [-0.15, -0.1) is 23.8 Å². The van der Waals surface area contributed by atoms with Gasteiger partial charge < -0.3 is 4.74 Å². The topological polar surface area (TPSA) is 35.0 Å². The Labute approximate surface area is 214 Å². The van der Waals surface area contributed by atoms with Gasteiger partial charge in [0.1, 0.15) is 0 Å². The normalized spacial score (nSPS) is 11.1. The van der Waals surface area contributed by atoms with Crippen molar-refractivity contribution in [1.29, 1.82) is 0 Å². The molecule has 1 aliphatic rings. The largest absolute Gasteiger partial charge is 0.459 e. The zero-order valence-electron chi connectivity index (χ0n) is 18.0. The summed E-state index contributed by atoms with van der Waals surface area (Å²) in [7, 11) is 4.61. The molecule has 0 amide bonds. The molecule has 0 saturated carbocycles. The summed E-state index contributed by atoms with van der Waals surface area (Å²) in [6.07, 6.45) is 2.68. The van der Waals surface area contributed by atoms with E-state index in [4.69, 9.17) is 9.72 Å². The van der Waals surface area contributed by atoms with Crippen LogP contribution in [0.5, 0.6) is 11.6 Å². The molecular formula is C29H19ClN2OPt. The standard InChI is InChI=1S/C29H19N2O.ClH.Pt/c1-2-10-25-20(7-1)17-23-18-22(14-15-26(23)25)28-12-6-11-27(31-28)21-8-5-9-24(19-21)32-29-13-3-4-16-30-29;;/h1-16,18H,17H2;1H;/q-1;;+2/p-1. The van der Waals surface area contributed by atoms with E-state index in [1.165, 1.54) is 22.3 Å². The minimum absolute atomic E-state index is 0.543. The van der Waals surface area contributed by atoms with E-state index < -0.39 is 0 Å². The number of fused-ring (bicyclic) bond motifs is 3. The summed E-state index contributed by atoms with van der Waals surface area (Å²) in [5.74, 6) is 1.16. The molecule has 168 valence electrons. The van der Waals surface area contributed by atoms with Crippen LogP contribution >= 0.6 is 9.42 Å². The predicted octanol–water partition coefficient (Wildman–Crippen LogP) is 7.66. The molecule has 2 aromatic heterocycles. The van der Waals surface area contributed by atoms with E-state index in [1.807, 2.05) is 48.5 Å². The fourth-order valence-corrected chi connectivity index (χ4v) is 4.23. The molecule has 0 fully saturated rings. The van der Waals surface area contributed by atoms with Crippen LogP contribution in [-0.2, 0) is 25.2 Å². The zero-order chi connectivity index (χ0) is 23.3. The molecule has 0 radical (unpaired) electrons. The summed E-state index contributed by atoms with van der Waals surface area (Å²) >= 11 is 1.61. The van der Waals surface area contributed by atoms with Crippen molar-refractivity contribution in [3.63, 3.8) is 0 Å². The third-order valence-corrected chi connectivity index (χ3v) is 5.74. The molecule has 6 rings (SSSR count). The van der Waals surface area contributed by atoms with Gasteiger partial charge in [-0.25, -0.2) is 4.98 Å². The molecule has 0 atom stereocenters. The van der Waals surface area contributed by atoms with E-state index in [9.17, 15) is 0 Å². The van der Waals surface area contributed by atoms with E-state index in [2.05, 4.69) is 69.0 Å². The van der Waals surface area contributed by atoms with Gasteiger partial charge in [0.15, 0.2) is 0 Å². The molecule has 0 aliphatic heterocycles. The average molecular weight is 642 g/mol. The van der Waals surface area contributed by atoms with Gasteiger partial charge in [0, 0.05) is 18.0 Å². The number of nitrogens with zero attached hydrogens (tertiary/aromatic N) is 2. The molecule has 3 aromatic carbocycles. The maximum absolute atomic E-state index is 5.84. The van der Waals surface area contributed by atoms with Crippen LogP contribution in [0.25, 0.3) is 33.6 Å². The molecule has 0 spiro atoms. The van der Waals surface area contributed by atoms with Gasteiger partial charge in [-0.05, 0) is 58.1 Å². The van der Waals surface area contributed by atoms with Crippen molar-refractivity contribution in [2.75, 3.05) is 0 Å². The number of halogens is 1. The van der Waals surface area contributed by atoms with Gasteiger partial charge in [0.25, 0.3) is 0 Å². The summed E-state index contributed by atoms with van der Waals surface area (Å²) in [5, 5.41) is 0. The first kappa shape index (κ1) is 22.5. The van der Waals surface area contributed by atoms with Crippen LogP contribution < -0.4 is 4.74 Å². The number of rotatable bonds is 4. The van der Waals surface area contributed by atoms with Crippen molar-refractivity contribution in [3.05, 3.63) is 120 Å². The molecule has 3 nitrogen and oxygen atoms in total. The SMILES string of the molecule is [Cl][Pt+].[c-]1c(Oc2ccccn2)cccc1-c1cccc(-c2ccc3c(c2)Cc2ccccc2-3)n1. The first-order chi connectivity index (χ1) is 16.8. The maximum atomic E-state index is 5.84. The molecule has 0 N–H and O–H groups in total. The monoisotopic (exact) mass is 641 g/mol. The summed E-state index contributed by atoms with van der Waals surface area (Å²) in [4.78, 5) is 9.15. The minimum atomic E-state index is 0.543. The minimum Gasteiger partial charge on any atom is -0.459 e. The van der Waals surface area contributed by atoms with Gasteiger partial charge >= 0.3 is 28.2 Å². The van der Waals surface area contributed by atoms with Crippen molar-refractivity contribution < 1.29 is 23.5 Å². The molecule has 5 heteroatoms. The number of benzene rings is 3. The van der Waals surface area contributed by atoms with Crippen molar-refractivity contribution >= 4 is 9.42 Å². The van der Waals surface area contributed by atoms with Crippen LogP contribution in [0.4, 0.5) is 0 Å². The first-order valence-electron chi connectivity index (χ1n) is 10.8. The molecule has 34 heavy (non-hydrogen) atoms. The van der Waals surface area contributed by atoms with Crippen molar-refractivity contribution in [2.45, 2.75) is 6.42 Å². The average Bonchev–Trinajstić information content (AvgIpc) is 3.29. The van der Waals surface area contributed by atoms with E-state index in [0.29, 0.717) is 11.6 Å². The van der Waals surface area contributed by atoms with Crippen LogP contribution in [-0.4, -0.2) is 9.97 Å². The van der Waals surface area contributed by atoms with Crippen molar-refractivity contribution in [2.24, 2.45) is 0 Å². The second-order valence-corrected chi connectivity index (χ2v) is 7.81. The molecule has 0 saturated heterocycles.